The Morgan fingerprint density at radius 1 is 1.18 bits per heavy atom. The van der Waals surface area contributed by atoms with Crippen molar-refractivity contribution >= 4 is 28.7 Å². The maximum absolute atomic E-state index is 12.5. The summed E-state index contributed by atoms with van der Waals surface area (Å²) in [5.41, 5.74) is 2.02. The Hall–Kier alpha value is -1.57. The highest BCUT2D eigenvalue weighted by atomic mass is 35.5. The number of aromatic nitrogens is 1. The molecule has 1 aliphatic carbocycles. The molecule has 1 fully saturated rings. The largest absolute Gasteiger partial charge is 0.464 e. The van der Waals surface area contributed by atoms with E-state index in [0.717, 1.165) is 56.1 Å². The van der Waals surface area contributed by atoms with Gasteiger partial charge in [-0.25, -0.2) is 13.8 Å². The third-order valence-electron chi connectivity index (χ3n) is 6.77. The van der Waals surface area contributed by atoms with Gasteiger partial charge in [0.25, 0.3) is 11.6 Å². The minimum Gasteiger partial charge on any atom is -0.464 e. The normalized spacial score (nSPS) is 21.2. The van der Waals surface area contributed by atoms with E-state index in [-0.39, 0.29) is 0 Å². The van der Waals surface area contributed by atoms with Crippen molar-refractivity contribution in [3.8, 4) is 5.19 Å². The van der Waals surface area contributed by atoms with Gasteiger partial charge in [0, 0.05) is 35.8 Å². The van der Waals surface area contributed by atoms with E-state index in [0.29, 0.717) is 34.8 Å². The molecule has 2 aliphatic rings. The number of halogens is 3. The average molecular weight is 497 g/mol. The molecule has 33 heavy (non-hydrogen) atoms. The van der Waals surface area contributed by atoms with Crippen molar-refractivity contribution in [2.24, 2.45) is 11.8 Å². The van der Waals surface area contributed by atoms with Gasteiger partial charge in [0.2, 0.25) is 0 Å². The number of thiazole rings is 1. The highest BCUT2D eigenvalue weighted by Gasteiger charge is 2.25. The number of benzene rings is 1. The van der Waals surface area contributed by atoms with Gasteiger partial charge in [-0.1, -0.05) is 47.9 Å². The molecule has 0 bridgehead atoms. The van der Waals surface area contributed by atoms with E-state index in [2.05, 4.69) is 9.88 Å². The van der Waals surface area contributed by atoms with Gasteiger partial charge < -0.3 is 4.74 Å². The van der Waals surface area contributed by atoms with Gasteiger partial charge in [0.1, 0.15) is 5.78 Å². The number of hydrogen-bond donors (Lipinski definition) is 0. The number of alkyl halides is 2. The third-order valence-corrected chi connectivity index (χ3v) is 8.09. The first kappa shape index (κ1) is 24.6. The monoisotopic (exact) mass is 496 g/mol. The number of ether oxygens (including phenoxy) is 1. The molecule has 0 spiro atoms. The Bertz CT molecular complexity index is 914. The first-order chi connectivity index (χ1) is 15.9. The van der Waals surface area contributed by atoms with Gasteiger partial charge in [-0.3, -0.25) is 9.69 Å². The van der Waals surface area contributed by atoms with Crippen molar-refractivity contribution in [1.29, 1.82) is 0 Å². The maximum atomic E-state index is 12.5. The van der Waals surface area contributed by atoms with E-state index < -0.39 is 13.0 Å². The van der Waals surface area contributed by atoms with E-state index in [4.69, 9.17) is 16.3 Å². The Morgan fingerprint density at radius 3 is 2.64 bits per heavy atom. The van der Waals surface area contributed by atoms with Crippen LogP contribution in [0.25, 0.3) is 0 Å². The summed E-state index contributed by atoms with van der Waals surface area (Å²) in [5.74, 6) is 1.56. The number of nitrogens with zero attached hydrogens (tertiary/aromatic N) is 2. The van der Waals surface area contributed by atoms with E-state index in [9.17, 15) is 13.6 Å². The smallest absolute Gasteiger partial charge is 0.273 e. The molecule has 1 aromatic heterocycles. The summed E-state index contributed by atoms with van der Waals surface area (Å²) in [6, 6.07) is 7.55. The second-order valence-electron chi connectivity index (χ2n) is 9.30. The van der Waals surface area contributed by atoms with Crippen LogP contribution in [-0.4, -0.2) is 41.8 Å². The van der Waals surface area contributed by atoms with Crippen LogP contribution >= 0.6 is 22.9 Å². The van der Waals surface area contributed by atoms with Crippen LogP contribution in [-0.2, 0) is 24.2 Å². The maximum Gasteiger partial charge on any atom is 0.273 e. The Balaban J connectivity index is 1.14. The lowest BCUT2D eigenvalue weighted by atomic mass is 9.78. The lowest BCUT2D eigenvalue weighted by Gasteiger charge is -2.31. The summed E-state index contributed by atoms with van der Waals surface area (Å²) in [4.78, 5) is 20.5. The van der Waals surface area contributed by atoms with Crippen molar-refractivity contribution in [2.75, 3.05) is 19.7 Å². The fourth-order valence-electron chi connectivity index (χ4n) is 4.93. The van der Waals surface area contributed by atoms with Crippen molar-refractivity contribution < 1.29 is 18.3 Å². The Morgan fingerprint density at radius 2 is 1.91 bits per heavy atom. The molecule has 0 radical (unpaired) electrons. The second kappa shape index (κ2) is 11.7. The van der Waals surface area contributed by atoms with Crippen LogP contribution in [0.2, 0.25) is 5.02 Å². The van der Waals surface area contributed by atoms with Crippen molar-refractivity contribution in [2.45, 2.75) is 64.3 Å². The lowest BCUT2D eigenvalue weighted by molar-refractivity contribution is -0.119. The molecule has 1 saturated carbocycles. The van der Waals surface area contributed by atoms with E-state index in [1.54, 1.807) is 0 Å². The van der Waals surface area contributed by atoms with Gasteiger partial charge >= 0.3 is 0 Å². The predicted molar refractivity (Wildman–Crippen MR) is 127 cm³/mol. The fourth-order valence-corrected chi connectivity index (χ4v) is 5.97. The molecule has 0 atom stereocenters. The Labute approximate surface area is 203 Å². The fraction of sp³-hybridized carbons (Fsp3) is 0.600. The molecular formula is C25H31ClF2N2O2S. The molecule has 2 aromatic rings. The number of hydrogen-bond acceptors (Lipinski definition) is 5. The number of Topliss-reactive ketones (excluding diaryl/α,β-unsaturated/α-hetero) is 1. The van der Waals surface area contributed by atoms with Crippen LogP contribution in [0.3, 0.4) is 0 Å². The SMILES string of the molecule is O=C(Cc1ccc(Cl)cc1)CC1CCC(CCN2CCc3sc(OCC(F)F)nc3C2)CC1. The zero-order valence-corrected chi connectivity index (χ0v) is 20.4. The quantitative estimate of drug-likeness (QED) is 0.393. The highest BCUT2D eigenvalue weighted by Crippen LogP contribution is 2.34. The van der Waals surface area contributed by atoms with Crippen LogP contribution in [0.4, 0.5) is 8.78 Å². The highest BCUT2D eigenvalue weighted by molar-refractivity contribution is 7.13. The molecule has 0 saturated heterocycles. The van der Waals surface area contributed by atoms with Crippen molar-refractivity contribution in [3.63, 3.8) is 0 Å². The van der Waals surface area contributed by atoms with Crippen LogP contribution in [0, 0.1) is 11.8 Å². The van der Waals surface area contributed by atoms with Crippen LogP contribution in [0.1, 0.15) is 54.7 Å². The average Bonchev–Trinajstić information content (AvgIpc) is 3.21. The third kappa shape index (κ3) is 7.46. The molecule has 8 heteroatoms. The first-order valence-electron chi connectivity index (χ1n) is 11.8. The molecular weight excluding hydrogens is 466 g/mol. The zero-order valence-electron chi connectivity index (χ0n) is 18.8. The summed E-state index contributed by atoms with van der Waals surface area (Å²) in [6.45, 7) is 2.21. The molecule has 0 amide bonds. The molecule has 0 N–H and O–H groups in total. The molecule has 4 nitrogen and oxygen atoms in total. The van der Waals surface area contributed by atoms with Gasteiger partial charge in [0.05, 0.1) is 5.69 Å². The van der Waals surface area contributed by atoms with E-state index >= 15 is 0 Å². The standard InChI is InChI=1S/C25H31ClF2N2O2S/c26-20-7-5-19(6-8-20)14-21(31)13-18-3-1-17(2-4-18)9-11-30-12-10-23-22(15-30)29-25(33-23)32-16-24(27)28/h5-8,17-18,24H,1-4,9-16H2. The van der Waals surface area contributed by atoms with Gasteiger partial charge in [-0.2, -0.15) is 0 Å². The number of rotatable bonds is 10. The molecule has 180 valence electrons. The number of carbonyl (C=O) groups is 1. The van der Waals surface area contributed by atoms with Crippen LogP contribution < -0.4 is 4.74 Å². The molecule has 2 heterocycles. The van der Waals surface area contributed by atoms with Crippen molar-refractivity contribution in [1.82, 2.24) is 9.88 Å². The first-order valence-corrected chi connectivity index (χ1v) is 13.0. The summed E-state index contributed by atoms with van der Waals surface area (Å²) in [5, 5.41) is 1.07. The topological polar surface area (TPSA) is 42.4 Å². The predicted octanol–water partition coefficient (Wildman–Crippen LogP) is 6.20. The molecule has 1 aromatic carbocycles. The summed E-state index contributed by atoms with van der Waals surface area (Å²) in [6.07, 6.45) is 5.45. The summed E-state index contributed by atoms with van der Waals surface area (Å²) >= 11 is 7.32. The molecule has 1 aliphatic heterocycles. The van der Waals surface area contributed by atoms with E-state index in [1.807, 2.05) is 24.3 Å². The van der Waals surface area contributed by atoms with Crippen LogP contribution in [0.5, 0.6) is 5.19 Å². The Kier molecular flexibility index (Phi) is 8.72. The zero-order chi connectivity index (χ0) is 23.2. The lowest BCUT2D eigenvalue weighted by Crippen LogP contribution is -2.32. The van der Waals surface area contributed by atoms with Gasteiger partial charge in [0.15, 0.2) is 6.61 Å². The minimum atomic E-state index is -2.47. The number of fused-ring (bicyclic) bond motifs is 1. The van der Waals surface area contributed by atoms with Crippen LogP contribution in [0.15, 0.2) is 24.3 Å². The summed E-state index contributed by atoms with van der Waals surface area (Å²) in [7, 11) is 0. The molecule has 0 unspecified atom stereocenters. The number of carbonyl (C=O) groups excluding carboxylic acids is 1. The minimum absolute atomic E-state index is 0.324. The van der Waals surface area contributed by atoms with E-state index in [1.165, 1.54) is 35.5 Å². The summed E-state index contributed by atoms with van der Waals surface area (Å²) < 4.78 is 29.8. The second-order valence-corrected chi connectivity index (χ2v) is 10.8. The molecule has 4 rings (SSSR count). The number of ketones is 1. The van der Waals surface area contributed by atoms with Gasteiger partial charge in [-0.15, -0.1) is 0 Å². The van der Waals surface area contributed by atoms with Gasteiger partial charge in [-0.05, 0) is 61.8 Å². The van der Waals surface area contributed by atoms with Crippen molar-refractivity contribution in [3.05, 3.63) is 45.4 Å².